The van der Waals surface area contributed by atoms with Crippen LogP contribution in [0.1, 0.15) is 6.92 Å². The summed E-state index contributed by atoms with van der Waals surface area (Å²) in [5.41, 5.74) is -5.06. The quantitative estimate of drug-likeness (QED) is 0.226. The second-order valence-electron chi connectivity index (χ2n) is 5.43. The van der Waals surface area contributed by atoms with Gasteiger partial charge in [0.25, 0.3) is 0 Å². The molecule has 0 amide bonds. The normalized spacial score (nSPS) is 17.4. The predicted molar refractivity (Wildman–Crippen MR) is 93.0 cm³/mol. The van der Waals surface area contributed by atoms with E-state index >= 15 is 0 Å². The molecule has 1 atom stereocenters. The van der Waals surface area contributed by atoms with Crippen LogP contribution in [0.3, 0.4) is 0 Å². The molecule has 0 aliphatic heterocycles. The molecule has 0 spiro atoms. The molecular formula is C12H20F6I2O3. The number of ether oxygens (including phenoxy) is 1. The number of aliphatic hydroxyl groups is 1. The standard InChI is InChI=1S/C12H20F6I2O3/c1-9(20(4)5,6-19(2)3)8(21)23-7-10(22,11(13,14)15)12(16,17)18/h22H,6-7H2,1-5H3. The van der Waals surface area contributed by atoms with Crippen molar-refractivity contribution in [1.82, 2.24) is 0 Å². The van der Waals surface area contributed by atoms with Gasteiger partial charge in [-0.25, -0.2) is 0 Å². The van der Waals surface area contributed by atoms with Gasteiger partial charge in [0.1, 0.15) is 0 Å². The number of rotatable bonds is 6. The fourth-order valence-corrected chi connectivity index (χ4v) is 14.0. The van der Waals surface area contributed by atoms with Gasteiger partial charge in [-0.05, 0) is 0 Å². The van der Waals surface area contributed by atoms with Crippen LogP contribution in [-0.4, -0.2) is 63.2 Å². The van der Waals surface area contributed by atoms with Gasteiger partial charge in [-0.3, -0.25) is 0 Å². The zero-order valence-corrected chi connectivity index (χ0v) is 17.5. The first-order chi connectivity index (χ1) is 9.99. The van der Waals surface area contributed by atoms with Crippen molar-refractivity contribution in [2.45, 2.75) is 28.3 Å². The van der Waals surface area contributed by atoms with Gasteiger partial charge in [-0.1, -0.05) is 0 Å². The van der Waals surface area contributed by atoms with Gasteiger partial charge in [0.15, 0.2) is 0 Å². The zero-order chi connectivity index (χ0) is 18.9. The summed E-state index contributed by atoms with van der Waals surface area (Å²) in [6, 6.07) is 0. The molecule has 0 aromatic carbocycles. The average molecular weight is 580 g/mol. The van der Waals surface area contributed by atoms with Crippen LogP contribution in [0.15, 0.2) is 0 Å². The number of halogens is 8. The summed E-state index contributed by atoms with van der Waals surface area (Å²) in [6.07, 6.45) is -12.0. The molecule has 0 aliphatic carbocycles. The Hall–Kier alpha value is 0.470. The Morgan fingerprint density at radius 2 is 1.39 bits per heavy atom. The number of esters is 1. The number of carbonyl (C=O) groups excluding carboxylic acids is 1. The molecule has 0 saturated carbocycles. The van der Waals surface area contributed by atoms with Crippen molar-refractivity contribution in [3.8, 4) is 0 Å². The number of hydrogen-bond donors (Lipinski definition) is 1. The molecule has 0 saturated heterocycles. The van der Waals surface area contributed by atoms with E-state index in [9.17, 15) is 31.1 Å². The van der Waals surface area contributed by atoms with E-state index in [0.717, 1.165) is 0 Å². The molecule has 0 radical (unpaired) electrons. The van der Waals surface area contributed by atoms with E-state index in [1.807, 2.05) is 9.86 Å². The number of carbonyl (C=O) groups is 1. The molecule has 1 unspecified atom stereocenters. The van der Waals surface area contributed by atoms with E-state index in [0.29, 0.717) is 4.43 Å². The zero-order valence-electron chi connectivity index (χ0n) is 13.2. The topological polar surface area (TPSA) is 46.5 Å². The molecule has 0 fully saturated rings. The molecule has 23 heavy (non-hydrogen) atoms. The molecule has 0 heterocycles. The van der Waals surface area contributed by atoms with Gasteiger partial charge in [-0.15, -0.1) is 0 Å². The summed E-state index contributed by atoms with van der Waals surface area (Å²) < 4.78 is 79.2. The van der Waals surface area contributed by atoms with E-state index in [2.05, 4.69) is 4.74 Å². The second-order valence-corrected chi connectivity index (χ2v) is 18.1. The maximum absolute atomic E-state index is 12.6. The molecule has 142 valence electrons. The summed E-state index contributed by atoms with van der Waals surface area (Å²) in [7, 11) is 0. The van der Waals surface area contributed by atoms with Gasteiger partial charge in [-0.2, -0.15) is 0 Å². The van der Waals surface area contributed by atoms with Gasteiger partial charge in [0, 0.05) is 0 Å². The monoisotopic (exact) mass is 580 g/mol. The summed E-state index contributed by atoms with van der Waals surface area (Å²) in [4.78, 5) is 19.6. The molecule has 0 aromatic heterocycles. The van der Waals surface area contributed by atoms with Gasteiger partial charge in [0.05, 0.1) is 0 Å². The van der Waals surface area contributed by atoms with Crippen molar-refractivity contribution < 1.29 is 41.0 Å². The Balaban J connectivity index is 5.37. The van der Waals surface area contributed by atoms with Crippen LogP contribution in [0.25, 0.3) is 0 Å². The van der Waals surface area contributed by atoms with Crippen LogP contribution >= 0.6 is 39.6 Å². The third-order valence-electron chi connectivity index (χ3n) is 3.13. The third-order valence-corrected chi connectivity index (χ3v) is 13.2. The molecule has 0 aromatic rings. The first-order valence-electron chi connectivity index (χ1n) is 5.98. The van der Waals surface area contributed by atoms with Gasteiger partial charge < -0.3 is 0 Å². The molecule has 0 aliphatic rings. The molecule has 3 nitrogen and oxygen atoms in total. The van der Waals surface area contributed by atoms with E-state index in [4.69, 9.17) is 5.11 Å². The van der Waals surface area contributed by atoms with Gasteiger partial charge in [0.2, 0.25) is 0 Å². The molecule has 11 heteroatoms. The Labute approximate surface area is 145 Å². The van der Waals surface area contributed by atoms with Crippen LogP contribution in [-0.2, 0) is 9.53 Å². The fourth-order valence-electron chi connectivity index (χ4n) is 1.46. The van der Waals surface area contributed by atoms with Crippen molar-refractivity contribution in [1.29, 1.82) is 0 Å². The Kier molecular flexibility index (Phi) is 7.95. The van der Waals surface area contributed by atoms with Crippen LogP contribution in [0.5, 0.6) is 0 Å². The fraction of sp³-hybridized carbons (Fsp3) is 0.917. The summed E-state index contributed by atoms with van der Waals surface area (Å²) in [5, 5.41) is 9.01. The van der Waals surface area contributed by atoms with Crippen molar-refractivity contribution in [2.75, 3.05) is 30.8 Å². The average Bonchev–Trinajstić information content (AvgIpc) is 2.31. The minimum absolute atomic E-state index is 0.448. The van der Waals surface area contributed by atoms with Crippen LogP contribution < -0.4 is 0 Å². The van der Waals surface area contributed by atoms with Crippen LogP contribution in [0.4, 0.5) is 26.3 Å². The molecular weight excluding hydrogens is 560 g/mol. The first-order valence-corrected chi connectivity index (χ1v) is 17.2. The Morgan fingerprint density at radius 3 is 1.65 bits per heavy atom. The van der Waals surface area contributed by atoms with Crippen molar-refractivity contribution in [2.24, 2.45) is 0 Å². The second kappa shape index (κ2) is 7.79. The minimum atomic E-state index is -5.99. The summed E-state index contributed by atoms with van der Waals surface area (Å²) in [6.45, 7) is -0.655. The number of hydrogen-bond acceptors (Lipinski definition) is 3. The Bertz CT molecular complexity index is 408. The van der Waals surface area contributed by atoms with Crippen LogP contribution in [0, 0.1) is 0 Å². The maximum atomic E-state index is 12.6. The number of alkyl halides is 12. The summed E-state index contributed by atoms with van der Waals surface area (Å²) >= 11 is -3.43. The first kappa shape index (κ1) is 23.5. The van der Waals surface area contributed by atoms with E-state index in [-0.39, 0.29) is 0 Å². The molecule has 1 N–H and O–H groups in total. The van der Waals surface area contributed by atoms with Gasteiger partial charge >= 0.3 is 146 Å². The predicted octanol–water partition coefficient (Wildman–Crippen LogP) is 3.68. The Morgan fingerprint density at radius 1 is 1.00 bits per heavy atom. The van der Waals surface area contributed by atoms with E-state index in [1.54, 1.807) is 9.86 Å². The van der Waals surface area contributed by atoms with Crippen molar-refractivity contribution in [3.63, 3.8) is 0 Å². The molecule has 0 rings (SSSR count). The van der Waals surface area contributed by atoms with Crippen molar-refractivity contribution in [3.05, 3.63) is 0 Å². The van der Waals surface area contributed by atoms with E-state index < -0.39 is 73.6 Å². The van der Waals surface area contributed by atoms with Crippen LogP contribution in [0.2, 0.25) is 0 Å². The SMILES string of the molecule is CI(C)CC(C)(C(=O)OCC(O)(C(F)(F)F)C(F)(F)F)I(C)C. The summed E-state index contributed by atoms with van der Waals surface area (Å²) in [5.74, 6) is -1.09. The third kappa shape index (κ3) is 5.47. The van der Waals surface area contributed by atoms with E-state index in [1.165, 1.54) is 6.92 Å². The van der Waals surface area contributed by atoms with Crippen molar-refractivity contribution >= 4 is 45.6 Å². The molecule has 0 bridgehead atoms.